The molecule has 1 aliphatic carbocycles. The van der Waals surface area contributed by atoms with Gasteiger partial charge in [0.25, 0.3) is 0 Å². The average Bonchev–Trinajstić information content (AvgIpc) is 3.78. The minimum atomic E-state index is -4.68. The van der Waals surface area contributed by atoms with Gasteiger partial charge in [0.1, 0.15) is 11.9 Å². The summed E-state index contributed by atoms with van der Waals surface area (Å²) in [5, 5.41) is 3.02. The van der Waals surface area contributed by atoms with Crippen LogP contribution in [0.1, 0.15) is 35.7 Å². The summed E-state index contributed by atoms with van der Waals surface area (Å²) < 4.78 is 112. The van der Waals surface area contributed by atoms with Gasteiger partial charge in [-0.1, -0.05) is 17.4 Å². The molecule has 10 nitrogen and oxygen atoms in total. The Morgan fingerprint density at radius 3 is 2.48 bits per heavy atom. The van der Waals surface area contributed by atoms with Crippen molar-refractivity contribution in [1.29, 1.82) is 0 Å². The minimum Gasteiger partial charge on any atom is -0.432 e. The SMILES string of the molecule is O=C(NCc1ccc(OC(F)F)c(F)c1)[C@H]1CN(c2nc3nc(C4CC4)ncc3s2)CCN1S(=O)(=O)c1ccc(C(F)(F)F)cc1. The van der Waals surface area contributed by atoms with Crippen molar-refractivity contribution >= 4 is 42.7 Å². The van der Waals surface area contributed by atoms with Crippen LogP contribution in [0.3, 0.4) is 0 Å². The summed E-state index contributed by atoms with van der Waals surface area (Å²) in [6.07, 6.45) is -1.02. The molecule has 6 rings (SSSR count). The number of alkyl halides is 5. The summed E-state index contributed by atoms with van der Waals surface area (Å²) in [7, 11) is -4.47. The first kappa shape index (κ1) is 31.9. The van der Waals surface area contributed by atoms with E-state index in [4.69, 9.17) is 0 Å². The molecular weight excluding hydrogens is 662 g/mol. The number of rotatable bonds is 9. The fourth-order valence-electron chi connectivity index (χ4n) is 4.96. The van der Waals surface area contributed by atoms with Gasteiger partial charge in [0.15, 0.2) is 22.3 Å². The molecule has 4 aromatic rings. The smallest absolute Gasteiger partial charge is 0.416 e. The number of ether oxygens (including phenoxy) is 1. The van der Waals surface area contributed by atoms with Crippen LogP contribution in [0, 0.1) is 5.82 Å². The molecule has 0 spiro atoms. The number of nitrogens with one attached hydrogen (secondary N) is 1. The lowest BCUT2D eigenvalue weighted by atomic mass is 10.1. The molecule has 2 aliphatic rings. The predicted molar refractivity (Wildman–Crippen MR) is 153 cm³/mol. The molecular formula is C28H24F6N6O4S2. The lowest BCUT2D eigenvalue weighted by molar-refractivity contribution is -0.137. The van der Waals surface area contributed by atoms with Crippen LogP contribution in [-0.4, -0.2) is 65.9 Å². The van der Waals surface area contributed by atoms with E-state index in [0.717, 1.165) is 41.4 Å². The summed E-state index contributed by atoms with van der Waals surface area (Å²) in [5.74, 6) is -1.58. The fourth-order valence-corrected chi connectivity index (χ4v) is 7.44. The second kappa shape index (κ2) is 12.3. The van der Waals surface area contributed by atoms with E-state index in [1.165, 1.54) is 17.4 Å². The monoisotopic (exact) mass is 686 g/mol. The Morgan fingerprint density at radius 2 is 1.83 bits per heavy atom. The van der Waals surface area contributed by atoms with Crippen molar-refractivity contribution in [2.24, 2.45) is 0 Å². The molecule has 0 unspecified atom stereocenters. The third-order valence-electron chi connectivity index (χ3n) is 7.47. The van der Waals surface area contributed by atoms with Crippen LogP contribution in [0.5, 0.6) is 5.75 Å². The van der Waals surface area contributed by atoms with Crippen LogP contribution in [0.4, 0.5) is 31.5 Å². The number of fused-ring (bicyclic) bond motifs is 1. The highest BCUT2D eigenvalue weighted by atomic mass is 32.2. The number of carbonyl (C=O) groups excluding carboxylic acids is 1. The highest BCUT2D eigenvalue weighted by molar-refractivity contribution is 7.89. The molecule has 2 aromatic heterocycles. The van der Waals surface area contributed by atoms with Crippen molar-refractivity contribution in [2.75, 3.05) is 24.5 Å². The standard InChI is InChI=1S/C28H24F6N6O4S2/c29-19-11-15(1-8-21(19)44-26(30)31)12-36-25(41)20-14-39(27-38-24-22(45-27)13-35-23(37-24)16-2-3-16)9-10-40(20)46(42,43)18-6-4-17(5-7-18)28(32,33)34/h1,4-8,11,13,16,20,26H,2-3,9-10,12,14H2,(H,36,41)/t20-/m1/s1. The number of amides is 1. The molecule has 1 aliphatic heterocycles. The maximum absolute atomic E-state index is 14.2. The Balaban J connectivity index is 1.26. The van der Waals surface area contributed by atoms with E-state index in [1.807, 2.05) is 0 Å². The van der Waals surface area contributed by atoms with Gasteiger partial charge < -0.3 is 15.0 Å². The lowest BCUT2D eigenvalue weighted by Gasteiger charge is -2.39. The van der Waals surface area contributed by atoms with Gasteiger partial charge in [0.2, 0.25) is 15.9 Å². The number of halogens is 6. The number of hydrogen-bond donors (Lipinski definition) is 1. The molecule has 1 saturated heterocycles. The number of thiazole rings is 1. The second-order valence-electron chi connectivity index (χ2n) is 10.6. The molecule has 18 heteroatoms. The minimum absolute atomic E-state index is 0.100. The number of carbonyl (C=O) groups is 1. The zero-order chi connectivity index (χ0) is 32.8. The van der Waals surface area contributed by atoms with E-state index in [9.17, 15) is 39.6 Å². The number of nitrogens with zero attached hydrogens (tertiary/aromatic N) is 5. The van der Waals surface area contributed by atoms with Gasteiger partial charge in [-0.15, -0.1) is 0 Å². The van der Waals surface area contributed by atoms with Crippen LogP contribution in [0.25, 0.3) is 10.3 Å². The normalized spacial score (nSPS) is 17.9. The molecule has 244 valence electrons. The van der Waals surface area contributed by atoms with Crippen molar-refractivity contribution in [3.8, 4) is 5.75 Å². The van der Waals surface area contributed by atoms with Gasteiger partial charge in [-0.3, -0.25) is 4.79 Å². The molecule has 2 fully saturated rings. The van der Waals surface area contributed by atoms with Gasteiger partial charge in [0, 0.05) is 32.1 Å². The zero-order valence-electron chi connectivity index (χ0n) is 23.5. The van der Waals surface area contributed by atoms with Crippen LogP contribution >= 0.6 is 11.3 Å². The van der Waals surface area contributed by atoms with Crippen molar-refractivity contribution in [1.82, 2.24) is 24.6 Å². The Bertz CT molecular complexity index is 1870. The third kappa shape index (κ3) is 6.73. The van der Waals surface area contributed by atoms with E-state index in [-0.39, 0.29) is 31.7 Å². The van der Waals surface area contributed by atoms with E-state index >= 15 is 0 Å². The molecule has 1 atom stereocenters. The highest BCUT2D eigenvalue weighted by Gasteiger charge is 2.41. The van der Waals surface area contributed by atoms with Gasteiger partial charge in [-0.25, -0.2) is 22.8 Å². The molecule has 46 heavy (non-hydrogen) atoms. The maximum Gasteiger partial charge on any atom is 0.416 e. The predicted octanol–water partition coefficient (Wildman–Crippen LogP) is 4.92. The Morgan fingerprint density at radius 1 is 1.09 bits per heavy atom. The molecule has 0 bridgehead atoms. The van der Waals surface area contributed by atoms with Gasteiger partial charge in [-0.2, -0.15) is 31.2 Å². The first-order chi connectivity index (χ1) is 21.8. The van der Waals surface area contributed by atoms with Crippen LogP contribution in [0.2, 0.25) is 0 Å². The Hall–Kier alpha value is -4.03. The van der Waals surface area contributed by atoms with Crippen molar-refractivity contribution in [3.63, 3.8) is 0 Å². The van der Waals surface area contributed by atoms with Crippen molar-refractivity contribution in [3.05, 3.63) is 71.4 Å². The van der Waals surface area contributed by atoms with Gasteiger partial charge in [-0.05, 0) is 54.8 Å². The number of piperazine rings is 1. The van der Waals surface area contributed by atoms with Crippen molar-refractivity contribution in [2.45, 2.75) is 49.0 Å². The van der Waals surface area contributed by atoms with Crippen LogP contribution < -0.4 is 15.0 Å². The maximum atomic E-state index is 14.2. The molecule has 1 saturated carbocycles. The van der Waals surface area contributed by atoms with Crippen molar-refractivity contribution < 1.29 is 44.3 Å². The Labute approximate surface area is 262 Å². The number of hydrogen-bond acceptors (Lipinski definition) is 9. The average molecular weight is 687 g/mol. The number of anilines is 1. The first-order valence-electron chi connectivity index (χ1n) is 13.9. The topological polar surface area (TPSA) is 118 Å². The quantitative estimate of drug-likeness (QED) is 0.247. The lowest BCUT2D eigenvalue weighted by Crippen LogP contribution is -2.60. The Kier molecular flexibility index (Phi) is 8.53. The van der Waals surface area contributed by atoms with E-state index in [2.05, 4.69) is 25.0 Å². The van der Waals surface area contributed by atoms with Gasteiger partial charge in [0.05, 0.1) is 21.4 Å². The van der Waals surface area contributed by atoms with E-state index in [0.29, 0.717) is 39.4 Å². The zero-order valence-corrected chi connectivity index (χ0v) is 25.2. The summed E-state index contributed by atoms with van der Waals surface area (Å²) in [5.41, 5.74) is -0.390. The van der Waals surface area contributed by atoms with E-state index in [1.54, 1.807) is 11.1 Å². The molecule has 3 heterocycles. The summed E-state index contributed by atoms with van der Waals surface area (Å²) in [4.78, 5) is 28.4. The van der Waals surface area contributed by atoms with Gasteiger partial charge >= 0.3 is 12.8 Å². The highest BCUT2D eigenvalue weighted by Crippen LogP contribution is 2.39. The molecule has 2 aromatic carbocycles. The number of sulfonamides is 1. The first-order valence-corrected chi connectivity index (χ1v) is 16.1. The number of aromatic nitrogens is 3. The van der Waals surface area contributed by atoms with Crippen LogP contribution in [0.15, 0.2) is 53.6 Å². The third-order valence-corrected chi connectivity index (χ3v) is 10.4. The van der Waals surface area contributed by atoms with E-state index < -0.39 is 56.8 Å². The van der Waals surface area contributed by atoms with Crippen LogP contribution in [-0.2, 0) is 27.5 Å². The largest absolute Gasteiger partial charge is 0.432 e. The molecule has 0 radical (unpaired) electrons. The summed E-state index contributed by atoms with van der Waals surface area (Å²) in [6, 6.07) is 4.68. The number of benzene rings is 2. The molecule has 1 amide bonds. The summed E-state index contributed by atoms with van der Waals surface area (Å²) in [6.45, 7) is -3.83. The molecule has 1 N–H and O–H groups in total. The fraction of sp³-hybridized carbons (Fsp3) is 0.357. The summed E-state index contributed by atoms with van der Waals surface area (Å²) >= 11 is 1.26. The second-order valence-corrected chi connectivity index (χ2v) is 13.5.